The van der Waals surface area contributed by atoms with Gasteiger partial charge in [0.2, 0.25) is 0 Å². The molecule has 0 spiro atoms. The Bertz CT molecular complexity index is 1610. The van der Waals surface area contributed by atoms with Gasteiger partial charge in [-0.15, -0.1) is 0 Å². The van der Waals surface area contributed by atoms with Crippen LogP contribution >= 0.6 is 0 Å². The van der Waals surface area contributed by atoms with E-state index >= 15 is 0 Å². The van der Waals surface area contributed by atoms with Crippen molar-refractivity contribution in [1.29, 1.82) is 0 Å². The Morgan fingerprint density at radius 2 is 1.69 bits per heavy atom. The number of aliphatic carboxylic acids is 1. The number of nitrogens with one attached hydrogen (secondary N) is 2. The van der Waals surface area contributed by atoms with Crippen LogP contribution in [-0.4, -0.2) is 33.6 Å². The highest BCUT2D eigenvalue weighted by Crippen LogP contribution is 2.40. The molecule has 0 saturated heterocycles. The number of carboxylic acid groups (broad SMARTS) is 1. The van der Waals surface area contributed by atoms with Gasteiger partial charge in [0.05, 0.1) is 24.3 Å². The number of aryl methyl sites for hydroxylation is 1. The number of nitrogens with zero attached hydrogens (tertiary/aromatic N) is 1. The predicted molar refractivity (Wildman–Crippen MR) is 143 cm³/mol. The molecule has 0 radical (unpaired) electrons. The molecule has 42 heavy (non-hydrogen) atoms. The lowest BCUT2D eigenvalue weighted by atomic mass is 9.89. The Labute approximate surface area is 237 Å². The number of hydrogen-bond donors (Lipinski definition) is 3. The monoisotopic (exact) mass is 593 g/mol. The van der Waals surface area contributed by atoms with Gasteiger partial charge in [-0.2, -0.15) is 13.2 Å². The number of alkyl halides is 3. The van der Waals surface area contributed by atoms with Crippen molar-refractivity contribution in [2.45, 2.75) is 58.7 Å². The number of ether oxygens (including phenoxy) is 1. The Kier molecular flexibility index (Phi) is 8.44. The van der Waals surface area contributed by atoms with Crippen LogP contribution in [0.25, 0.3) is 11.1 Å². The molecule has 1 aromatic heterocycles. The van der Waals surface area contributed by atoms with Crippen LogP contribution in [-0.2, 0) is 42.4 Å². The lowest BCUT2D eigenvalue weighted by Crippen LogP contribution is -2.43. The number of carbonyl (C=O) groups excluding carboxylic acids is 1. The largest absolute Gasteiger partial charge is 0.480 e. The van der Waals surface area contributed by atoms with E-state index in [1.807, 2.05) is 0 Å². The number of pyridine rings is 1. The molecule has 8 nitrogen and oxygen atoms in total. The summed E-state index contributed by atoms with van der Waals surface area (Å²) in [6.07, 6.45) is -5.20. The van der Waals surface area contributed by atoms with E-state index in [0.717, 1.165) is 22.8 Å². The van der Waals surface area contributed by atoms with Crippen LogP contribution in [0, 0.1) is 18.6 Å². The predicted octanol–water partition coefficient (Wildman–Crippen LogP) is 4.93. The molecule has 13 heteroatoms. The zero-order chi connectivity index (χ0) is 31.1. The normalized spacial score (nSPS) is 13.7. The first-order valence-corrected chi connectivity index (χ1v) is 12.9. The van der Waals surface area contributed by atoms with Crippen molar-refractivity contribution in [2.75, 3.05) is 5.32 Å². The molecule has 0 saturated carbocycles. The number of fused-ring (bicyclic) bond motifs is 1. The second-order valence-electron chi connectivity index (χ2n) is 10.3. The summed E-state index contributed by atoms with van der Waals surface area (Å²) in [6.45, 7) is 4.66. The van der Waals surface area contributed by atoms with Crippen LogP contribution in [0.15, 0.2) is 35.1 Å². The molecular formula is C29H28F5N3O5. The third-order valence-electron chi connectivity index (χ3n) is 7.02. The van der Waals surface area contributed by atoms with E-state index < -0.39 is 58.0 Å². The second kappa shape index (κ2) is 11.6. The molecule has 0 unspecified atom stereocenters. The maximum Gasteiger partial charge on any atom is 0.417 e. The van der Waals surface area contributed by atoms with E-state index in [4.69, 9.17) is 4.74 Å². The van der Waals surface area contributed by atoms with Crippen LogP contribution in [0.1, 0.15) is 52.2 Å². The van der Waals surface area contributed by atoms with Gasteiger partial charge in [0.15, 0.2) is 0 Å². The highest BCUT2D eigenvalue weighted by molar-refractivity contribution is 5.97. The molecule has 3 aromatic rings. The number of amides is 1. The van der Waals surface area contributed by atoms with E-state index in [-0.39, 0.29) is 48.2 Å². The molecule has 4 rings (SSSR count). The molecule has 1 aliphatic rings. The van der Waals surface area contributed by atoms with Crippen LogP contribution in [0.5, 0.6) is 0 Å². The summed E-state index contributed by atoms with van der Waals surface area (Å²) in [5.74, 6) is -5.20. The van der Waals surface area contributed by atoms with Gasteiger partial charge in [0.1, 0.15) is 23.2 Å². The Balaban J connectivity index is 1.70. The minimum Gasteiger partial charge on any atom is -0.480 e. The summed E-state index contributed by atoms with van der Waals surface area (Å²) in [7, 11) is 1.35. The lowest BCUT2D eigenvalue weighted by Gasteiger charge is -2.20. The maximum absolute atomic E-state index is 14.7. The molecule has 1 atom stereocenters. The van der Waals surface area contributed by atoms with Crippen LogP contribution in [0.3, 0.4) is 0 Å². The third-order valence-corrected chi connectivity index (χ3v) is 7.02. The number of carboxylic acids is 1. The van der Waals surface area contributed by atoms with Gasteiger partial charge in [-0.25, -0.2) is 13.6 Å². The average molecular weight is 594 g/mol. The first-order valence-electron chi connectivity index (χ1n) is 12.9. The van der Waals surface area contributed by atoms with E-state index in [2.05, 4.69) is 10.6 Å². The molecule has 0 fully saturated rings. The van der Waals surface area contributed by atoms with E-state index in [1.165, 1.54) is 26.1 Å². The Morgan fingerprint density at radius 1 is 1.07 bits per heavy atom. The van der Waals surface area contributed by atoms with Gasteiger partial charge in [-0.1, -0.05) is 12.1 Å². The molecule has 0 aliphatic carbocycles. The fraction of sp³-hybridized carbons (Fsp3) is 0.345. The lowest BCUT2D eigenvalue weighted by molar-refractivity contribution is -0.139. The van der Waals surface area contributed by atoms with Crippen molar-refractivity contribution in [3.05, 3.63) is 85.8 Å². The quantitative estimate of drug-likeness (QED) is 0.320. The van der Waals surface area contributed by atoms with Gasteiger partial charge >= 0.3 is 12.1 Å². The number of benzene rings is 2. The molecular weight excluding hydrogens is 565 g/mol. The fourth-order valence-corrected chi connectivity index (χ4v) is 4.93. The van der Waals surface area contributed by atoms with Crippen molar-refractivity contribution >= 4 is 17.6 Å². The van der Waals surface area contributed by atoms with Crippen molar-refractivity contribution in [2.24, 2.45) is 7.05 Å². The van der Waals surface area contributed by atoms with Gasteiger partial charge in [0.25, 0.3) is 11.5 Å². The van der Waals surface area contributed by atoms with E-state index in [9.17, 15) is 41.4 Å². The molecule has 2 aromatic carbocycles. The number of carbonyl (C=O) groups is 2. The summed E-state index contributed by atoms with van der Waals surface area (Å²) in [4.78, 5) is 37.9. The average Bonchev–Trinajstić information content (AvgIpc) is 3.36. The third kappa shape index (κ3) is 6.01. The van der Waals surface area contributed by atoms with Crippen molar-refractivity contribution in [3.8, 4) is 11.1 Å². The molecule has 3 N–H and O–H groups in total. The fourth-order valence-electron chi connectivity index (χ4n) is 4.93. The van der Waals surface area contributed by atoms with Crippen molar-refractivity contribution < 1.29 is 41.4 Å². The second-order valence-corrected chi connectivity index (χ2v) is 10.3. The van der Waals surface area contributed by atoms with Crippen LogP contribution < -0.4 is 16.2 Å². The van der Waals surface area contributed by atoms with E-state index in [0.29, 0.717) is 11.1 Å². The Morgan fingerprint density at radius 3 is 2.26 bits per heavy atom. The zero-order valence-corrected chi connectivity index (χ0v) is 23.1. The molecule has 2 heterocycles. The highest BCUT2D eigenvalue weighted by atomic mass is 19.4. The number of halogens is 5. The zero-order valence-electron chi connectivity index (χ0n) is 23.1. The summed E-state index contributed by atoms with van der Waals surface area (Å²) in [6, 6.07) is 3.56. The number of rotatable bonds is 8. The minimum atomic E-state index is -4.83. The smallest absolute Gasteiger partial charge is 0.417 e. The van der Waals surface area contributed by atoms with Gasteiger partial charge in [-0.05, 0) is 61.2 Å². The number of hydrogen-bond acceptors (Lipinski definition) is 5. The summed E-state index contributed by atoms with van der Waals surface area (Å²) < 4.78 is 77.8. The highest BCUT2D eigenvalue weighted by Gasteiger charge is 2.37. The number of anilines is 1. The van der Waals surface area contributed by atoms with Crippen LogP contribution in [0.2, 0.25) is 0 Å². The summed E-state index contributed by atoms with van der Waals surface area (Å²) >= 11 is 0. The first kappa shape index (κ1) is 30.7. The minimum absolute atomic E-state index is 0.00526. The SMILES string of the molecule is Cc1cc(C(F)(F)F)c(-c2ccc(C[C@H](NC(=O)c3c(F)cc(NC(C)C)cc3F)C(=O)O)c3c2COC3)c(=O)n1C. The molecule has 0 bridgehead atoms. The molecule has 1 amide bonds. The van der Waals surface area contributed by atoms with Gasteiger partial charge in [0, 0.05) is 30.9 Å². The Hall–Kier alpha value is -4.26. The van der Waals surface area contributed by atoms with Crippen molar-refractivity contribution in [3.63, 3.8) is 0 Å². The summed E-state index contributed by atoms with van der Waals surface area (Å²) in [5.41, 5.74) is -2.34. The summed E-state index contributed by atoms with van der Waals surface area (Å²) in [5, 5.41) is 14.7. The molecule has 1 aliphatic heterocycles. The van der Waals surface area contributed by atoms with Gasteiger partial charge < -0.3 is 25.0 Å². The molecule has 224 valence electrons. The first-order chi connectivity index (χ1) is 19.6. The number of aromatic nitrogens is 1. The topological polar surface area (TPSA) is 110 Å². The van der Waals surface area contributed by atoms with Crippen molar-refractivity contribution in [1.82, 2.24) is 9.88 Å². The van der Waals surface area contributed by atoms with E-state index in [1.54, 1.807) is 13.8 Å². The van der Waals surface area contributed by atoms with Gasteiger partial charge in [-0.3, -0.25) is 9.59 Å². The van der Waals surface area contributed by atoms with Crippen LogP contribution in [0.4, 0.5) is 27.6 Å². The standard InChI is InChI=1S/C29H28F5N3O5/c1-13(2)35-16-9-21(30)25(22(31)10-16)26(38)36-23(28(40)41)8-15-5-6-17(19-12-42-11-18(15)19)24-20(29(32,33)34)7-14(3)37(4)27(24)39/h5-7,9-10,13,23,35H,8,11-12H2,1-4H3,(H,36,38)(H,40,41)/t23-/m0/s1. The maximum atomic E-state index is 14.7.